The number of methoxy groups -OCH3 is 1. The van der Waals surface area contributed by atoms with E-state index in [9.17, 15) is 14.4 Å². The van der Waals surface area contributed by atoms with Gasteiger partial charge in [0, 0.05) is 11.8 Å². The number of amides is 1. The molecule has 0 saturated heterocycles. The van der Waals surface area contributed by atoms with Crippen LogP contribution in [-0.4, -0.2) is 30.9 Å². The van der Waals surface area contributed by atoms with Crippen LogP contribution in [0.3, 0.4) is 0 Å². The third-order valence-corrected chi connectivity index (χ3v) is 4.12. The molecule has 7 nitrogen and oxygen atoms in total. The summed E-state index contributed by atoms with van der Waals surface area (Å²) >= 11 is 1.52. The Morgan fingerprint density at radius 2 is 2.00 bits per heavy atom. The van der Waals surface area contributed by atoms with Crippen molar-refractivity contribution in [1.82, 2.24) is 0 Å². The Bertz CT molecular complexity index is 526. The first-order valence-electron chi connectivity index (χ1n) is 5.07. The zero-order valence-electron chi connectivity index (χ0n) is 10.2. The molecule has 1 aromatic heterocycles. The zero-order valence-corrected chi connectivity index (χ0v) is 11.9. The van der Waals surface area contributed by atoms with Gasteiger partial charge in [-0.1, -0.05) is 0 Å². The van der Waals surface area contributed by atoms with E-state index < -0.39 is 17.2 Å². The van der Waals surface area contributed by atoms with Gasteiger partial charge >= 0.3 is 11.3 Å². The van der Waals surface area contributed by atoms with Crippen LogP contribution in [0.4, 0.5) is 10.5 Å². The van der Waals surface area contributed by atoms with Gasteiger partial charge in [0.15, 0.2) is 0 Å². The molecule has 0 unspecified atom stereocenters. The predicted octanol–water partition coefficient (Wildman–Crippen LogP) is 1.46. The molecule has 0 fully saturated rings. The van der Waals surface area contributed by atoms with Gasteiger partial charge in [-0.05, 0) is 6.92 Å². The first kappa shape index (κ1) is 15.3. The van der Waals surface area contributed by atoms with Crippen molar-refractivity contribution in [3.8, 4) is 0 Å². The molecule has 0 spiro atoms. The molecule has 0 aliphatic carbocycles. The molecule has 1 heterocycles. The lowest BCUT2D eigenvalue weighted by Crippen LogP contribution is -2.14. The number of carbonyl (C=O) groups is 3. The molecular weight excluding hydrogens is 292 g/mol. The summed E-state index contributed by atoms with van der Waals surface area (Å²) in [5.74, 6) is -1.52. The number of thiophene rings is 1. The van der Waals surface area contributed by atoms with Crippen molar-refractivity contribution in [3.63, 3.8) is 0 Å². The van der Waals surface area contributed by atoms with Crippen LogP contribution >= 0.6 is 23.1 Å². The predicted molar refractivity (Wildman–Crippen MR) is 71.5 cm³/mol. The summed E-state index contributed by atoms with van der Waals surface area (Å²) in [5.41, 5.74) is 10.7. The molecule has 1 aromatic rings. The van der Waals surface area contributed by atoms with Crippen molar-refractivity contribution in [2.45, 2.75) is 11.1 Å². The fourth-order valence-corrected chi connectivity index (χ4v) is 3.33. The van der Waals surface area contributed by atoms with Crippen LogP contribution < -0.4 is 11.5 Å². The first-order chi connectivity index (χ1) is 8.92. The van der Waals surface area contributed by atoms with Crippen LogP contribution in [0.1, 0.15) is 27.0 Å². The van der Waals surface area contributed by atoms with Crippen molar-refractivity contribution in [1.29, 1.82) is 0 Å². The second-order valence-electron chi connectivity index (χ2n) is 3.15. The minimum Gasteiger partial charge on any atom is -0.465 e. The Morgan fingerprint density at radius 3 is 2.47 bits per heavy atom. The zero-order chi connectivity index (χ0) is 14.6. The lowest BCUT2D eigenvalue weighted by Gasteiger charge is -2.00. The van der Waals surface area contributed by atoms with Crippen molar-refractivity contribution in [2.24, 2.45) is 5.73 Å². The van der Waals surface area contributed by atoms with Gasteiger partial charge < -0.3 is 20.9 Å². The number of thioether (sulfide) groups is 1. The number of nitrogens with two attached hydrogens (primary N) is 2. The monoisotopic (exact) mass is 304 g/mol. The lowest BCUT2D eigenvalue weighted by atomic mass is 10.2. The van der Waals surface area contributed by atoms with E-state index in [0.29, 0.717) is 11.8 Å². The Balaban J connectivity index is 3.19. The molecule has 0 saturated carbocycles. The minimum absolute atomic E-state index is 0.0306. The van der Waals surface area contributed by atoms with Gasteiger partial charge in [-0.15, -0.1) is 11.3 Å². The number of nitrogen functional groups attached to an aromatic ring is 1. The van der Waals surface area contributed by atoms with E-state index in [1.165, 1.54) is 7.11 Å². The number of hydrogen-bond donors (Lipinski definition) is 2. The maximum absolute atomic E-state index is 11.5. The van der Waals surface area contributed by atoms with E-state index in [1.54, 1.807) is 6.92 Å². The topological polar surface area (TPSA) is 122 Å². The molecule has 1 amide bonds. The van der Waals surface area contributed by atoms with Gasteiger partial charge in [0.2, 0.25) is 0 Å². The number of hydrogen-bond acceptors (Lipinski definition) is 8. The molecule has 0 atom stereocenters. The summed E-state index contributed by atoms with van der Waals surface area (Å²) < 4.78 is 9.48. The molecule has 19 heavy (non-hydrogen) atoms. The van der Waals surface area contributed by atoms with E-state index in [0.717, 1.165) is 11.3 Å². The molecule has 9 heteroatoms. The number of rotatable bonds is 4. The fraction of sp³-hybridized carbons (Fsp3) is 0.300. The summed E-state index contributed by atoms with van der Waals surface area (Å²) in [5, 5.41) is -0.609. The Kier molecular flexibility index (Phi) is 5.19. The van der Waals surface area contributed by atoms with Crippen LogP contribution in [0.15, 0.2) is 4.21 Å². The normalized spacial score (nSPS) is 10.0. The van der Waals surface area contributed by atoms with E-state index >= 15 is 0 Å². The maximum atomic E-state index is 11.5. The van der Waals surface area contributed by atoms with Crippen LogP contribution in [-0.2, 0) is 9.47 Å². The highest BCUT2D eigenvalue weighted by atomic mass is 32.2. The molecule has 104 valence electrons. The first-order valence-corrected chi connectivity index (χ1v) is 6.70. The molecule has 0 aliphatic heterocycles. The van der Waals surface area contributed by atoms with Crippen molar-refractivity contribution >= 4 is 46.0 Å². The Morgan fingerprint density at radius 1 is 1.37 bits per heavy atom. The number of carbonyl (C=O) groups excluding carboxylic acids is 3. The average molecular weight is 304 g/mol. The number of anilines is 1. The van der Waals surface area contributed by atoms with Crippen molar-refractivity contribution in [2.75, 3.05) is 19.5 Å². The molecular formula is C10H12N2O5S2. The maximum Gasteiger partial charge on any atom is 0.372 e. The second-order valence-corrected chi connectivity index (χ2v) is 5.37. The second kappa shape index (κ2) is 6.43. The summed E-state index contributed by atoms with van der Waals surface area (Å²) in [6, 6.07) is 0. The van der Waals surface area contributed by atoms with Gasteiger partial charge in [-0.2, -0.15) is 0 Å². The molecule has 4 N–H and O–H groups in total. The highest BCUT2D eigenvalue weighted by Gasteiger charge is 2.26. The summed E-state index contributed by atoms with van der Waals surface area (Å²) in [4.78, 5) is 34.2. The fourth-order valence-electron chi connectivity index (χ4n) is 1.19. The Labute approximate surface area is 117 Å². The lowest BCUT2D eigenvalue weighted by molar-refractivity contribution is 0.0607. The largest absolute Gasteiger partial charge is 0.465 e. The quantitative estimate of drug-likeness (QED) is 0.637. The average Bonchev–Trinajstić information content (AvgIpc) is 2.65. The number of ether oxygens (including phenoxy) is 2. The van der Waals surface area contributed by atoms with Crippen molar-refractivity contribution in [3.05, 3.63) is 10.4 Å². The van der Waals surface area contributed by atoms with Gasteiger partial charge in [0.1, 0.15) is 4.88 Å². The summed E-state index contributed by atoms with van der Waals surface area (Å²) in [7, 11) is 1.18. The molecule has 1 rings (SSSR count). The van der Waals surface area contributed by atoms with E-state index in [2.05, 4.69) is 4.74 Å². The van der Waals surface area contributed by atoms with Gasteiger partial charge in [0.05, 0.1) is 29.2 Å². The molecule has 0 aromatic carbocycles. The van der Waals surface area contributed by atoms with Crippen LogP contribution in [0, 0.1) is 0 Å². The third-order valence-electron chi connectivity index (χ3n) is 1.97. The third kappa shape index (κ3) is 3.38. The summed E-state index contributed by atoms with van der Waals surface area (Å²) in [6.45, 7) is 1.85. The van der Waals surface area contributed by atoms with E-state index in [1.807, 2.05) is 0 Å². The SMILES string of the molecule is CCOC(=O)Sc1sc(C(=O)OC)c(N)c1C(N)=O. The highest BCUT2D eigenvalue weighted by molar-refractivity contribution is 8.14. The Hall–Kier alpha value is -1.74. The van der Waals surface area contributed by atoms with Crippen LogP contribution in [0.2, 0.25) is 0 Å². The van der Waals surface area contributed by atoms with Crippen molar-refractivity contribution < 1.29 is 23.9 Å². The summed E-state index contributed by atoms with van der Waals surface area (Å²) in [6.07, 6.45) is 0. The minimum atomic E-state index is -0.823. The van der Waals surface area contributed by atoms with Gasteiger partial charge in [0.25, 0.3) is 5.91 Å². The van der Waals surface area contributed by atoms with Gasteiger partial charge in [-0.25, -0.2) is 9.59 Å². The van der Waals surface area contributed by atoms with Crippen LogP contribution in [0.25, 0.3) is 0 Å². The number of esters is 1. The van der Waals surface area contributed by atoms with Gasteiger partial charge in [-0.3, -0.25) is 4.79 Å². The highest BCUT2D eigenvalue weighted by Crippen LogP contribution is 2.39. The standard InChI is InChI=1S/C10H12N2O5S2/c1-3-17-10(15)19-9-4(7(12)13)5(11)6(18-9)8(14)16-2/h3,11H2,1-2H3,(H2,12,13). The number of primary amides is 1. The smallest absolute Gasteiger partial charge is 0.372 e. The van der Waals surface area contributed by atoms with Crippen LogP contribution in [0.5, 0.6) is 0 Å². The molecule has 0 bridgehead atoms. The van der Waals surface area contributed by atoms with E-state index in [-0.39, 0.29) is 26.9 Å². The van der Waals surface area contributed by atoms with E-state index in [4.69, 9.17) is 16.2 Å². The molecule has 0 radical (unpaired) electrons. The molecule has 0 aliphatic rings.